The fraction of sp³-hybridized carbons (Fsp3) is 0.150. The summed E-state index contributed by atoms with van der Waals surface area (Å²) in [5.41, 5.74) is 0.719. The lowest BCUT2D eigenvalue weighted by Crippen LogP contribution is -2.13. The van der Waals surface area contributed by atoms with E-state index in [1.807, 2.05) is 30.3 Å². The van der Waals surface area contributed by atoms with Gasteiger partial charge < -0.3 is 14.5 Å². The number of halogens is 2. The van der Waals surface area contributed by atoms with Crippen LogP contribution >= 0.6 is 0 Å². The largest absolute Gasteiger partial charge is 0.497 e. The van der Waals surface area contributed by atoms with Crippen molar-refractivity contribution in [3.8, 4) is 17.1 Å². The van der Waals surface area contributed by atoms with Crippen molar-refractivity contribution in [2.45, 2.75) is 12.8 Å². The first kappa shape index (κ1) is 17.7. The maximum atomic E-state index is 13.5. The Labute approximate surface area is 149 Å². The first-order chi connectivity index (χ1) is 12.5. The average Bonchev–Trinajstić information content (AvgIpc) is 3.12. The van der Waals surface area contributed by atoms with Crippen molar-refractivity contribution in [3.63, 3.8) is 0 Å². The van der Waals surface area contributed by atoms with Gasteiger partial charge in [0.05, 0.1) is 12.8 Å². The summed E-state index contributed by atoms with van der Waals surface area (Å²) in [6.07, 6.45) is 0.435. The summed E-state index contributed by atoms with van der Waals surface area (Å²) in [7, 11) is 1.60. The Balaban J connectivity index is 1.58. The monoisotopic (exact) mass is 357 g/mol. The van der Waals surface area contributed by atoms with Crippen molar-refractivity contribution in [2.24, 2.45) is 0 Å². The molecule has 4 nitrogen and oxygen atoms in total. The summed E-state index contributed by atoms with van der Waals surface area (Å²) in [6.45, 7) is 0. The number of rotatable bonds is 6. The van der Waals surface area contributed by atoms with E-state index in [-0.39, 0.29) is 12.1 Å². The normalized spacial score (nSPS) is 10.6. The molecule has 0 spiro atoms. The number of aryl methyl sites for hydroxylation is 1. The Morgan fingerprint density at radius 3 is 2.58 bits per heavy atom. The summed E-state index contributed by atoms with van der Waals surface area (Å²) in [5.74, 6) is 0.347. The highest BCUT2D eigenvalue weighted by molar-refractivity contribution is 5.90. The SMILES string of the molecule is COc1ccc(-c2ccc(CCC(=O)Nc3cc(F)ccc3F)o2)cc1. The van der Waals surface area contributed by atoms with Crippen molar-refractivity contribution in [1.29, 1.82) is 0 Å². The first-order valence-electron chi connectivity index (χ1n) is 8.03. The molecule has 3 aromatic rings. The summed E-state index contributed by atoms with van der Waals surface area (Å²) >= 11 is 0. The molecular weight excluding hydrogens is 340 g/mol. The number of carbonyl (C=O) groups excluding carboxylic acids is 1. The second-order valence-corrected chi connectivity index (χ2v) is 5.67. The van der Waals surface area contributed by atoms with Gasteiger partial charge in [-0.15, -0.1) is 0 Å². The second-order valence-electron chi connectivity index (χ2n) is 5.67. The number of amides is 1. The molecule has 0 radical (unpaired) electrons. The number of hydrogen-bond donors (Lipinski definition) is 1. The van der Waals surface area contributed by atoms with Gasteiger partial charge in [-0.1, -0.05) is 0 Å². The molecule has 1 amide bonds. The number of anilines is 1. The quantitative estimate of drug-likeness (QED) is 0.689. The molecule has 26 heavy (non-hydrogen) atoms. The molecule has 134 valence electrons. The maximum Gasteiger partial charge on any atom is 0.224 e. The molecule has 0 unspecified atom stereocenters. The number of hydrogen-bond acceptors (Lipinski definition) is 3. The summed E-state index contributed by atoms with van der Waals surface area (Å²) in [5, 5.41) is 2.36. The van der Waals surface area contributed by atoms with E-state index in [0.717, 1.165) is 29.5 Å². The lowest BCUT2D eigenvalue weighted by molar-refractivity contribution is -0.116. The molecule has 3 rings (SSSR count). The smallest absolute Gasteiger partial charge is 0.224 e. The molecule has 1 aromatic heterocycles. The molecule has 0 atom stereocenters. The van der Waals surface area contributed by atoms with E-state index in [1.54, 1.807) is 13.2 Å². The van der Waals surface area contributed by atoms with Crippen LogP contribution < -0.4 is 10.1 Å². The van der Waals surface area contributed by atoms with Crippen LogP contribution in [0.15, 0.2) is 59.0 Å². The summed E-state index contributed by atoms with van der Waals surface area (Å²) < 4.78 is 37.5. The third kappa shape index (κ3) is 4.27. The Bertz CT molecular complexity index is 904. The fourth-order valence-corrected chi connectivity index (χ4v) is 2.47. The third-order valence-corrected chi connectivity index (χ3v) is 3.84. The van der Waals surface area contributed by atoms with E-state index in [4.69, 9.17) is 9.15 Å². The van der Waals surface area contributed by atoms with Gasteiger partial charge in [-0.3, -0.25) is 4.79 Å². The minimum Gasteiger partial charge on any atom is -0.497 e. The van der Waals surface area contributed by atoms with E-state index in [2.05, 4.69) is 5.32 Å². The van der Waals surface area contributed by atoms with Gasteiger partial charge in [0.1, 0.15) is 28.9 Å². The molecule has 1 heterocycles. The standard InChI is InChI=1S/C20H17F2NO3/c1-25-15-5-2-13(3-6-15)19-10-7-16(26-19)8-11-20(24)23-18-12-14(21)4-9-17(18)22/h2-7,9-10,12H,8,11H2,1H3,(H,23,24). The molecule has 0 aliphatic carbocycles. The molecule has 1 N–H and O–H groups in total. The molecule has 2 aromatic carbocycles. The zero-order valence-electron chi connectivity index (χ0n) is 14.1. The zero-order chi connectivity index (χ0) is 18.5. The number of furan rings is 1. The Hall–Kier alpha value is -3.15. The van der Waals surface area contributed by atoms with Gasteiger partial charge in [0.2, 0.25) is 5.91 Å². The minimum atomic E-state index is -0.681. The second kappa shape index (κ2) is 7.82. The van der Waals surface area contributed by atoms with Crippen LogP contribution in [0.1, 0.15) is 12.2 Å². The minimum absolute atomic E-state index is 0.0888. The van der Waals surface area contributed by atoms with Gasteiger partial charge in [0, 0.05) is 24.5 Å². The highest BCUT2D eigenvalue weighted by Gasteiger charge is 2.11. The van der Waals surface area contributed by atoms with E-state index >= 15 is 0 Å². The Kier molecular flexibility index (Phi) is 5.31. The molecule has 0 saturated carbocycles. The summed E-state index contributed by atoms with van der Waals surface area (Å²) in [6, 6.07) is 13.9. The highest BCUT2D eigenvalue weighted by Crippen LogP contribution is 2.25. The van der Waals surface area contributed by atoms with E-state index in [0.29, 0.717) is 17.9 Å². The lowest BCUT2D eigenvalue weighted by Gasteiger charge is -2.06. The number of benzene rings is 2. The van der Waals surface area contributed by atoms with Crippen molar-refractivity contribution in [1.82, 2.24) is 0 Å². The van der Waals surface area contributed by atoms with Crippen LogP contribution in [0.3, 0.4) is 0 Å². The topological polar surface area (TPSA) is 51.5 Å². The first-order valence-corrected chi connectivity index (χ1v) is 8.03. The van der Waals surface area contributed by atoms with Crippen LogP contribution in [0.4, 0.5) is 14.5 Å². The Morgan fingerprint density at radius 1 is 1.08 bits per heavy atom. The molecule has 0 aliphatic rings. The number of ether oxygens (including phenoxy) is 1. The molecule has 0 aliphatic heterocycles. The average molecular weight is 357 g/mol. The fourth-order valence-electron chi connectivity index (χ4n) is 2.47. The maximum absolute atomic E-state index is 13.5. The lowest BCUT2D eigenvalue weighted by atomic mass is 10.2. The molecule has 0 bridgehead atoms. The van der Waals surface area contributed by atoms with Crippen molar-refractivity contribution < 1.29 is 22.7 Å². The van der Waals surface area contributed by atoms with Crippen LogP contribution in [-0.4, -0.2) is 13.0 Å². The van der Waals surface area contributed by atoms with Crippen molar-refractivity contribution >= 4 is 11.6 Å². The van der Waals surface area contributed by atoms with Gasteiger partial charge in [0.15, 0.2) is 0 Å². The van der Waals surface area contributed by atoms with Gasteiger partial charge in [0.25, 0.3) is 0 Å². The van der Waals surface area contributed by atoms with E-state index in [9.17, 15) is 13.6 Å². The predicted molar refractivity (Wildman–Crippen MR) is 94.0 cm³/mol. The summed E-state index contributed by atoms with van der Waals surface area (Å²) in [4.78, 5) is 11.9. The number of methoxy groups -OCH3 is 1. The number of nitrogens with one attached hydrogen (secondary N) is 1. The van der Waals surface area contributed by atoms with Crippen LogP contribution in [0.2, 0.25) is 0 Å². The van der Waals surface area contributed by atoms with E-state index in [1.165, 1.54) is 0 Å². The highest BCUT2D eigenvalue weighted by atomic mass is 19.1. The van der Waals surface area contributed by atoms with E-state index < -0.39 is 17.5 Å². The van der Waals surface area contributed by atoms with Gasteiger partial charge in [-0.2, -0.15) is 0 Å². The van der Waals surface area contributed by atoms with Gasteiger partial charge in [-0.25, -0.2) is 8.78 Å². The predicted octanol–water partition coefficient (Wildman–Crippen LogP) is 4.80. The molecule has 0 fully saturated rings. The molecule has 0 saturated heterocycles. The number of carbonyl (C=O) groups is 1. The van der Waals surface area contributed by atoms with Crippen molar-refractivity contribution in [2.75, 3.05) is 12.4 Å². The molecule has 6 heteroatoms. The van der Waals surface area contributed by atoms with Crippen LogP contribution in [0, 0.1) is 11.6 Å². The van der Waals surface area contributed by atoms with Crippen LogP contribution in [0.5, 0.6) is 5.75 Å². The Morgan fingerprint density at radius 2 is 1.85 bits per heavy atom. The van der Waals surface area contributed by atoms with Gasteiger partial charge >= 0.3 is 0 Å². The van der Waals surface area contributed by atoms with Crippen LogP contribution in [0.25, 0.3) is 11.3 Å². The van der Waals surface area contributed by atoms with Gasteiger partial charge in [-0.05, 0) is 48.5 Å². The van der Waals surface area contributed by atoms with Crippen LogP contribution in [-0.2, 0) is 11.2 Å². The third-order valence-electron chi connectivity index (χ3n) is 3.84. The van der Waals surface area contributed by atoms with Crippen molar-refractivity contribution in [3.05, 3.63) is 72.0 Å². The zero-order valence-corrected chi connectivity index (χ0v) is 14.1. The molecular formula is C20H17F2NO3.